The highest BCUT2D eigenvalue weighted by Gasteiger charge is 2.35. The number of hydrogen-bond donors (Lipinski definition) is 1. The number of allylic oxidation sites excluding steroid dienone is 1. The molecular weight excluding hydrogens is 769 g/mol. The average Bonchev–Trinajstić information content (AvgIpc) is 3.75. The highest BCUT2D eigenvalue weighted by atomic mass is 32.2. The number of nitrogens with one attached hydrogen (secondary N) is 1. The second-order valence-electron chi connectivity index (χ2n) is 17.0. The van der Waals surface area contributed by atoms with Gasteiger partial charge in [0.1, 0.15) is 5.75 Å². The summed E-state index contributed by atoms with van der Waals surface area (Å²) < 4.78 is 49.2. The summed E-state index contributed by atoms with van der Waals surface area (Å²) in [6.07, 6.45) is 11.2. The number of nitrogens with zero attached hydrogens (tertiary/aromatic N) is 5. The van der Waals surface area contributed by atoms with E-state index in [1.54, 1.807) is 34.3 Å². The van der Waals surface area contributed by atoms with Gasteiger partial charge >= 0.3 is 0 Å². The number of benzene rings is 2. The predicted molar refractivity (Wildman–Crippen MR) is 229 cm³/mol. The summed E-state index contributed by atoms with van der Waals surface area (Å²) >= 11 is 0. The Bertz CT molecular complexity index is 2350. The third-order valence-corrected chi connectivity index (χ3v) is 14.5. The van der Waals surface area contributed by atoms with E-state index in [1.165, 1.54) is 12.0 Å². The summed E-state index contributed by atoms with van der Waals surface area (Å²) in [5.41, 5.74) is 8.54. The van der Waals surface area contributed by atoms with Crippen LogP contribution in [0.5, 0.6) is 5.75 Å². The van der Waals surface area contributed by atoms with Crippen LogP contribution in [0.1, 0.15) is 103 Å². The summed E-state index contributed by atoms with van der Waals surface area (Å²) in [5, 5.41) is 5.44. The van der Waals surface area contributed by atoms with E-state index in [9.17, 15) is 18.0 Å². The molecule has 13 nitrogen and oxygen atoms in total. The monoisotopic (exact) mass is 826 g/mol. The number of ether oxygens (including phenoxy) is 3. The molecule has 0 unspecified atom stereocenters. The Balaban J connectivity index is 1.31. The summed E-state index contributed by atoms with van der Waals surface area (Å²) in [4.78, 5) is 32.2. The van der Waals surface area contributed by atoms with Crippen LogP contribution < -0.4 is 9.46 Å². The highest BCUT2D eigenvalue weighted by molar-refractivity contribution is 7.90. The van der Waals surface area contributed by atoms with E-state index < -0.39 is 21.2 Å². The van der Waals surface area contributed by atoms with Crippen LogP contribution in [0.3, 0.4) is 0 Å². The molecule has 1 atom stereocenters. The van der Waals surface area contributed by atoms with Crippen molar-refractivity contribution >= 4 is 44.4 Å². The molecule has 5 heterocycles. The first-order chi connectivity index (χ1) is 28.4. The van der Waals surface area contributed by atoms with Gasteiger partial charge in [0, 0.05) is 36.7 Å². The van der Waals surface area contributed by atoms with Crippen LogP contribution in [-0.2, 0) is 37.3 Å². The van der Waals surface area contributed by atoms with Crippen LogP contribution in [0.25, 0.3) is 33.8 Å². The lowest BCUT2D eigenvalue weighted by atomic mass is 9.81. The number of methoxy groups -OCH3 is 2. The minimum Gasteiger partial charge on any atom is -0.497 e. The molecule has 3 fully saturated rings. The summed E-state index contributed by atoms with van der Waals surface area (Å²) in [5.74, 6) is 0.440. The number of aromatic nitrogens is 3. The van der Waals surface area contributed by atoms with Gasteiger partial charge in [-0.1, -0.05) is 31.4 Å². The molecule has 4 aromatic rings. The quantitative estimate of drug-likeness (QED) is 0.186. The molecule has 3 aliphatic heterocycles. The Labute approximate surface area is 347 Å². The topological polar surface area (TPSA) is 137 Å². The van der Waals surface area contributed by atoms with Crippen LogP contribution >= 0.6 is 0 Å². The van der Waals surface area contributed by atoms with Crippen molar-refractivity contribution in [2.75, 3.05) is 60.7 Å². The molecule has 8 rings (SSSR count). The maximum absolute atomic E-state index is 14.8. The first-order valence-electron chi connectivity index (χ1n) is 21.2. The lowest BCUT2D eigenvalue weighted by Gasteiger charge is -2.33. The zero-order valence-electron chi connectivity index (χ0n) is 35.0. The highest BCUT2D eigenvalue weighted by Crippen LogP contribution is 2.48. The minimum atomic E-state index is -3.78. The molecule has 0 radical (unpaired) electrons. The van der Waals surface area contributed by atoms with Gasteiger partial charge in [-0.2, -0.15) is 5.10 Å². The molecule has 316 valence electrons. The lowest BCUT2D eigenvalue weighted by Crippen LogP contribution is -2.47. The van der Waals surface area contributed by atoms with E-state index in [4.69, 9.17) is 19.3 Å². The van der Waals surface area contributed by atoms with Crippen molar-refractivity contribution in [1.82, 2.24) is 28.9 Å². The number of fused-ring (bicyclic) bond motifs is 5. The van der Waals surface area contributed by atoms with Crippen LogP contribution in [0.4, 0.5) is 0 Å². The molecule has 4 aliphatic rings. The van der Waals surface area contributed by atoms with Gasteiger partial charge in [0.15, 0.2) is 0 Å². The number of likely N-dealkylation sites (tertiary alicyclic amines) is 1. The second-order valence-corrected chi connectivity index (χ2v) is 19.3. The van der Waals surface area contributed by atoms with Gasteiger partial charge in [-0.3, -0.25) is 19.0 Å². The number of rotatable bonds is 11. The zero-order chi connectivity index (χ0) is 41.4. The van der Waals surface area contributed by atoms with Gasteiger partial charge in [0.2, 0.25) is 15.9 Å². The van der Waals surface area contributed by atoms with Gasteiger partial charge in [0.05, 0.1) is 73.8 Å². The van der Waals surface area contributed by atoms with Gasteiger partial charge in [-0.15, -0.1) is 0 Å². The Hall–Kier alpha value is -4.50. The first kappa shape index (κ1) is 41.2. The standard InChI is InChI=1S/C45H58N6O7S/c1-29(2)59(54,55)47-41(52)22-30-11-13-38-40(21-30)50-26-33(23-32-24-35(57-5)12-14-37(32)44(50)42(38)31-9-7-6-8-10-31)43-39(25-46-51(43)34-15-17-48(3)18-16-34)45(53)49-19-20-58-36(27-49)28-56-4/h11-14,21,23-25,29,31,34,36H,6-10,15-20,22,26-28H2,1-5H3,(H,47,52)/t36-/m0/s1. The van der Waals surface area contributed by atoms with Crippen molar-refractivity contribution in [2.24, 2.45) is 0 Å². The molecule has 1 saturated carbocycles. The Kier molecular flexibility index (Phi) is 12.0. The fourth-order valence-electron chi connectivity index (χ4n) is 9.55. The molecule has 2 aromatic carbocycles. The van der Waals surface area contributed by atoms with Gasteiger partial charge in [-0.05, 0) is 118 Å². The zero-order valence-corrected chi connectivity index (χ0v) is 35.9. The smallest absolute Gasteiger partial charge is 0.257 e. The predicted octanol–water partition coefficient (Wildman–Crippen LogP) is 6.27. The molecule has 2 saturated heterocycles. The van der Waals surface area contributed by atoms with Crippen molar-refractivity contribution in [3.8, 4) is 17.0 Å². The summed E-state index contributed by atoms with van der Waals surface area (Å²) in [7, 11) is 1.69. The summed E-state index contributed by atoms with van der Waals surface area (Å²) in [6.45, 7) is 7.15. The van der Waals surface area contributed by atoms with Crippen molar-refractivity contribution in [2.45, 2.75) is 95.1 Å². The van der Waals surface area contributed by atoms with Crippen molar-refractivity contribution < 1.29 is 32.2 Å². The van der Waals surface area contributed by atoms with E-state index in [0.717, 1.165) is 102 Å². The van der Waals surface area contributed by atoms with E-state index in [-0.39, 0.29) is 24.5 Å². The molecule has 0 spiro atoms. The van der Waals surface area contributed by atoms with Gasteiger partial charge in [-0.25, -0.2) is 8.42 Å². The number of sulfonamides is 1. The second kappa shape index (κ2) is 17.2. The van der Waals surface area contributed by atoms with Crippen LogP contribution in [0.2, 0.25) is 0 Å². The number of amides is 2. The van der Waals surface area contributed by atoms with Crippen LogP contribution in [-0.4, -0.2) is 116 Å². The molecule has 2 aromatic heterocycles. The first-order valence-corrected chi connectivity index (χ1v) is 22.7. The van der Waals surface area contributed by atoms with E-state index in [2.05, 4.69) is 56.3 Å². The molecule has 59 heavy (non-hydrogen) atoms. The molecule has 1 N–H and O–H groups in total. The molecular formula is C45H58N6O7S. The van der Waals surface area contributed by atoms with E-state index >= 15 is 0 Å². The van der Waals surface area contributed by atoms with Crippen molar-refractivity contribution in [3.05, 3.63) is 70.5 Å². The fourth-order valence-corrected chi connectivity index (χ4v) is 10.2. The maximum Gasteiger partial charge on any atom is 0.257 e. The number of piperidine rings is 1. The lowest BCUT2D eigenvalue weighted by molar-refractivity contribution is -0.118. The van der Waals surface area contributed by atoms with Crippen molar-refractivity contribution in [3.63, 3.8) is 0 Å². The molecule has 1 aliphatic carbocycles. The number of carbonyl (C=O) groups excluding carboxylic acids is 2. The Morgan fingerprint density at radius 2 is 1.76 bits per heavy atom. The molecule has 0 bridgehead atoms. The minimum absolute atomic E-state index is 0.0790. The number of morpholine rings is 1. The third kappa shape index (κ3) is 8.33. The molecule has 14 heteroatoms. The third-order valence-electron chi connectivity index (χ3n) is 12.7. The van der Waals surface area contributed by atoms with E-state index in [1.807, 2.05) is 17.0 Å². The number of hydrogen-bond acceptors (Lipinski definition) is 9. The van der Waals surface area contributed by atoms with E-state index in [0.29, 0.717) is 44.3 Å². The Morgan fingerprint density at radius 1 is 0.983 bits per heavy atom. The summed E-state index contributed by atoms with van der Waals surface area (Å²) in [6, 6.07) is 12.5. The maximum atomic E-state index is 14.8. The average molecular weight is 827 g/mol. The Morgan fingerprint density at radius 3 is 2.49 bits per heavy atom. The fraction of sp³-hybridized carbons (Fsp3) is 0.533. The number of carbonyl (C=O) groups is 2. The largest absolute Gasteiger partial charge is 0.497 e. The molecule has 2 amide bonds. The van der Waals surface area contributed by atoms with Gasteiger partial charge in [0.25, 0.3) is 5.91 Å². The SMILES string of the molecule is COC[C@@H]1CN(C(=O)c2cnn(C3CCN(C)CC3)c2C2=Cc3cc(OC)ccc3-c3c(C4CCCCC4)c4ccc(CC(=O)NS(=O)(=O)C(C)C)cc4n3C2)CCO1. The van der Waals surface area contributed by atoms with Crippen molar-refractivity contribution in [1.29, 1.82) is 0 Å². The normalized spacial score (nSPS) is 19.7. The van der Waals surface area contributed by atoms with Crippen LogP contribution in [0.15, 0.2) is 42.6 Å². The van der Waals surface area contributed by atoms with Crippen LogP contribution in [0, 0.1) is 0 Å². The van der Waals surface area contributed by atoms with Gasteiger partial charge < -0.3 is 28.6 Å².